The summed E-state index contributed by atoms with van der Waals surface area (Å²) in [6.45, 7) is 0.214. The van der Waals surface area contributed by atoms with E-state index in [1.54, 1.807) is 24.0 Å². The van der Waals surface area contributed by atoms with Crippen LogP contribution in [-0.2, 0) is 22.1 Å². The van der Waals surface area contributed by atoms with E-state index in [4.69, 9.17) is 0 Å². The molecule has 0 bridgehead atoms. The van der Waals surface area contributed by atoms with Gasteiger partial charge in [0, 0.05) is 37.0 Å². The van der Waals surface area contributed by atoms with Crippen molar-refractivity contribution < 1.29 is 17.1 Å². The first-order chi connectivity index (χ1) is 9.83. The Balaban J connectivity index is 1.88. The maximum absolute atomic E-state index is 12.7. The second kappa shape index (κ2) is 4.80. The number of benzene rings is 1. The van der Waals surface area contributed by atoms with Crippen LogP contribution in [-0.4, -0.2) is 36.4 Å². The molecule has 1 aromatic heterocycles. The van der Waals surface area contributed by atoms with E-state index in [1.807, 2.05) is 12.1 Å². The molecule has 2 aromatic rings. The van der Waals surface area contributed by atoms with Crippen molar-refractivity contribution in [2.45, 2.75) is 6.42 Å². The predicted octanol–water partition coefficient (Wildman–Crippen LogP) is 1.23. The first-order valence-corrected chi connectivity index (χ1v) is 8.03. The average molecular weight is 311 g/mol. The molecule has 6 nitrogen and oxygen atoms in total. The Bertz CT molecular complexity index is 815. The normalized spacial score (nSPS) is 19.6. The number of carbonyl (C=O) groups is 1. The summed E-state index contributed by atoms with van der Waals surface area (Å²) in [6, 6.07) is 5.46. The molecule has 0 N–H and O–H groups in total. The van der Waals surface area contributed by atoms with Gasteiger partial charge in [-0.05, 0) is 18.2 Å². The topological polar surface area (TPSA) is 72.3 Å². The van der Waals surface area contributed by atoms with Crippen LogP contribution in [0.5, 0.6) is 0 Å². The van der Waals surface area contributed by atoms with Crippen molar-refractivity contribution >= 4 is 32.7 Å². The van der Waals surface area contributed by atoms with Gasteiger partial charge in [-0.3, -0.25) is 9.48 Å². The largest absolute Gasteiger partial charge is 0.312 e. The lowest BCUT2D eigenvalue weighted by Crippen LogP contribution is -2.25. The van der Waals surface area contributed by atoms with Crippen molar-refractivity contribution in [1.29, 1.82) is 0 Å². The Morgan fingerprint density at radius 3 is 2.90 bits per heavy atom. The Hall–Kier alpha value is -1.96. The average Bonchev–Trinajstić information content (AvgIpc) is 2.91. The number of anilines is 1. The van der Waals surface area contributed by atoms with Crippen molar-refractivity contribution in [2.75, 3.05) is 17.2 Å². The Morgan fingerprint density at radius 1 is 1.43 bits per heavy atom. The van der Waals surface area contributed by atoms with Gasteiger partial charge in [0.05, 0.1) is 17.5 Å². The van der Waals surface area contributed by atoms with Gasteiger partial charge >= 0.3 is 10.2 Å². The van der Waals surface area contributed by atoms with Crippen LogP contribution in [0.15, 0.2) is 24.4 Å². The maximum Gasteiger partial charge on any atom is 0.302 e. The molecule has 8 heteroatoms. The standard InChI is InChI=1S/C13H14FN3O3S/c1-16-12-5-11(3-2-10(12)6-15-16)17-7-9(4-13(17)18)8-21(14,19)20/h2-3,5-6,9H,4,7-8H2,1H3. The Kier molecular flexibility index (Phi) is 3.20. The van der Waals surface area contributed by atoms with E-state index in [-0.39, 0.29) is 18.9 Å². The monoisotopic (exact) mass is 311 g/mol. The van der Waals surface area contributed by atoms with Crippen molar-refractivity contribution in [1.82, 2.24) is 9.78 Å². The fraction of sp³-hybridized carbons (Fsp3) is 0.385. The van der Waals surface area contributed by atoms with Crippen molar-refractivity contribution in [3.8, 4) is 0 Å². The van der Waals surface area contributed by atoms with Crippen LogP contribution in [0.25, 0.3) is 10.9 Å². The van der Waals surface area contributed by atoms with Gasteiger partial charge in [0.2, 0.25) is 5.91 Å². The minimum atomic E-state index is -4.56. The van der Waals surface area contributed by atoms with Crippen molar-refractivity contribution in [3.63, 3.8) is 0 Å². The van der Waals surface area contributed by atoms with Gasteiger partial charge in [0.25, 0.3) is 0 Å². The Morgan fingerprint density at radius 2 is 2.19 bits per heavy atom. The molecule has 1 atom stereocenters. The summed E-state index contributed by atoms with van der Waals surface area (Å²) in [4.78, 5) is 13.5. The number of rotatable bonds is 3. The molecule has 1 unspecified atom stereocenters. The van der Waals surface area contributed by atoms with Gasteiger partial charge in [-0.15, -0.1) is 3.89 Å². The van der Waals surface area contributed by atoms with E-state index in [2.05, 4.69) is 5.10 Å². The summed E-state index contributed by atoms with van der Waals surface area (Å²) in [5.74, 6) is -1.30. The Labute approximate surface area is 121 Å². The summed E-state index contributed by atoms with van der Waals surface area (Å²) in [5.41, 5.74) is 1.55. The van der Waals surface area contributed by atoms with Gasteiger partial charge in [0.15, 0.2) is 0 Å². The summed E-state index contributed by atoms with van der Waals surface area (Å²) in [5, 5.41) is 5.08. The summed E-state index contributed by atoms with van der Waals surface area (Å²) in [7, 11) is -2.76. The summed E-state index contributed by atoms with van der Waals surface area (Å²) >= 11 is 0. The quantitative estimate of drug-likeness (QED) is 0.799. The van der Waals surface area contributed by atoms with Crippen LogP contribution >= 0.6 is 0 Å². The van der Waals surface area contributed by atoms with E-state index in [0.717, 1.165) is 10.9 Å². The van der Waals surface area contributed by atoms with Crippen molar-refractivity contribution in [3.05, 3.63) is 24.4 Å². The second-order valence-corrected chi connectivity index (χ2v) is 6.70. The number of halogens is 1. The molecule has 1 aromatic carbocycles. The van der Waals surface area contributed by atoms with E-state index in [9.17, 15) is 17.1 Å². The molecular formula is C13H14FN3O3S. The number of hydrogen-bond acceptors (Lipinski definition) is 4. The number of amides is 1. The van der Waals surface area contributed by atoms with Crippen LogP contribution in [0.1, 0.15) is 6.42 Å². The zero-order valence-electron chi connectivity index (χ0n) is 11.4. The van der Waals surface area contributed by atoms with Crippen LogP contribution in [0, 0.1) is 5.92 Å². The highest BCUT2D eigenvalue weighted by Crippen LogP contribution is 2.28. The smallest absolute Gasteiger partial charge is 0.302 e. The highest BCUT2D eigenvalue weighted by molar-refractivity contribution is 7.86. The highest BCUT2D eigenvalue weighted by Gasteiger charge is 2.33. The molecule has 1 fully saturated rings. The molecule has 0 radical (unpaired) electrons. The molecule has 3 rings (SSSR count). The van der Waals surface area contributed by atoms with E-state index >= 15 is 0 Å². The number of aromatic nitrogens is 2. The molecule has 0 spiro atoms. The number of fused-ring (bicyclic) bond motifs is 1. The van der Waals surface area contributed by atoms with Crippen LogP contribution in [0.4, 0.5) is 9.57 Å². The van der Waals surface area contributed by atoms with Crippen molar-refractivity contribution in [2.24, 2.45) is 13.0 Å². The highest BCUT2D eigenvalue weighted by atomic mass is 32.3. The molecule has 112 valence electrons. The molecular weight excluding hydrogens is 297 g/mol. The van der Waals surface area contributed by atoms with Crippen LogP contribution < -0.4 is 4.90 Å². The summed E-state index contributed by atoms with van der Waals surface area (Å²) in [6.07, 6.45) is 1.77. The number of aryl methyl sites for hydroxylation is 1. The van der Waals surface area contributed by atoms with Gasteiger partial charge < -0.3 is 4.90 Å². The van der Waals surface area contributed by atoms with Crippen LogP contribution in [0.3, 0.4) is 0 Å². The summed E-state index contributed by atoms with van der Waals surface area (Å²) < 4.78 is 35.9. The minimum absolute atomic E-state index is 0.0482. The molecule has 1 aliphatic rings. The predicted molar refractivity (Wildman–Crippen MR) is 76.1 cm³/mol. The number of nitrogens with zero attached hydrogens (tertiary/aromatic N) is 3. The van der Waals surface area contributed by atoms with Gasteiger partial charge in [-0.1, -0.05) is 0 Å². The number of hydrogen-bond donors (Lipinski definition) is 0. The van der Waals surface area contributed by atoms with Gasteiger partial charge in [0.1, 0.15) is 0 Å². The van der Waals surface area contributed by atoms with Crippen LogP contribution in [0.2, 0.25) is 0 Å². The fourth-order valence-corrected chi connectivity index (χ4v) is 3.51. The number of carbonyl (C=O) groups excluding carboxylic acids is 1. The first kappa shape index (κ1) is 14.0. The lowest BCUT2D eigenvalue weighted by atomic mass is 10.1. The fourth-order valence-electron chi connectivity index (χ4n) is 2.72. The zero-order valence-corrected chi connectivity index (χ0v) is 12.2. The zero-order chi connectivity index (χ0) is 15.2. The lowest BCUT2D eigenvalue weighted by molar-refractivity contribution is -0.117. The SMILES string of the molecule is Cn1ncc2ccc(N3CC(CS(=O)(=O)F)CC3=O)cc21. The first-order valence-electron chi connectivity index (χ1n) is 6.48. The minimum Gasteiger partial charge on any atom is -0.312 e. The third-order valence-corrected chi connectivity index (χ3v) is 4.55. The molecule has 1 saturated heterocycles. The third kappa shape index (κ3) is 2.76. The molecule has 0 saturated carbocycles. The molecule has 1 amide bonds. The van der Waals surface area contributed by atoms with Gasteiger partial charge in [-0.25, -0.2) is 0 Å². The second-order valence-electron chi connectivity index (χ2n) is 5.29. The molecule has 21 heavy (non-hydrogen) atoms. The van der Waals surface area contributed by atoms with E-state index in [0.29, 0.717) is 5.69 Å². The maximum atomic E-state index is 12.7. The van der Waals surface area contributed by atoms with E-state index < -0.39 is 21.9 Å². The molecule has 2 heterocycles. The molecule has 1 aliphatic heterocycles. The third-order valence-electron chi connectivity index (χ3n) is 3.68. The van der Waals surface area contributed by atoms with Gasteiger partial charge in [-0.2, -0.15) is 13.5 Å². The lowest BCUT2D eigenvalue weighted by Gasteiger charge is -2.16. The molecule has 0 aliphatic carbocycles. The van der Waals surface area contributed by atoms with E-state index in [1.165, 1.54) is 4.90 Å².